The lowest BCUT2D eigenvalue weighted by atomic mass is 10.1. The Balaban J connectivity index is 1.65. The molecule has 5 nitrogen and oxygen atoms in total. The molecule has 3 rings (SSSR count). The summed E-state index contributed by atoms with van der Waals surface area (Å²) in [7, 11) is 0. The van der Waals surface area contributed by atoms with Crippen molar-refractivity contribution in [1.82, 2.24) is 15.2 Å². The van der Waals surface area contributed by atoms with Gasteiger partial charge in [0.2, 0.25) is 5.95 Å². The molecule has 0 aliphatic rings. The molecule has 0 unspecified atom stereocenters. The van der Waals surface area contributed by atoms with E-state index in [1.165, 1.54) is 16.7 Å². The van der Waals surface area contributed by atoms with Gasteiger partial charge in [-0.25, -0.2) is 0 Å². The predicted molar refractivity (Wildman–Crippen MR) is 92.8 cm³/mol. The molecule has 3 aromatic rings. The molecule has 23 heavy (non-hydrogen) atoms. The Bertz CT molecular complexity index is 766. The number of hydrogen-bond acceptors (Lipinski definition) is 5. The molecule has 0 radical (unpaired) electrons. The largest absolute Gasteiger partial charge is 0.365 e. The summed E-state index contributed by atoms with van der Waals surface area (Å²) in [6, 6.07) is 16.4. The van der Waals surface area contributed by atoms with Gasteiger partial charge < -0.3 is 10.6 Å². The Labute approximate surface area is 135 Å². The Morgan fingerprint density at radius 2 is 1.52 bits per heavy atom. The molecule has 2 aromatic carbocycles. The molecule has 0 amide bonds. The Morgan fingerprint density at radius 3 is 2.22 bits per heavy atom. The molecule has 0 fully saturated rings. The SMILES string of the molecule is Cc1ccc(CNc2cnnc(Nc3ccc(C)cc3)n2)cc1. The van der Waals surface area contributed by atoms with Crippen molar-refractivity contribution < 1.29 is 0 Å². The summed E-state index contributed by atoms with van der Waals surface area (Å²) in [6.07, 6.45) is 1.62. The van der Waals surface area contributed by atoms with Crippen LogP contribution in [0.5, 0.6) is 0 Å². The number of benzene rings is 2. The molecule has 0 saturated carbocycles. The standard InChI is InChI=1S/C18H19N5/c1-13-3-7-15(8-4-13)11-19-17-12-20-23-18(22-17)21-16-9-5-14(2)6-10-16/h3-10,12H,11H2,1-2H3,(H2,19,21,22,23). The summed E-state index contributed by atoms with van der Waals surface area (Å²) < 4.78 is 0. The molecule has 5 heteroatoms. The lowest BCUT2D eigenvalue weighted by molar-refractivity contribution is 0.965. The number of hydrogen-bond donors (Lipinski definition) is 2. The average molecular weight is 305 g/mol. The van der Waals surface area contributed by atoms with Crippen LogP contribution in [-0.4, -0.2) is 15.2 Å². The maximum absolute atomic E-state index is 4.43. The van der Waals surface area contributed by atoms with Crippen LogP contribution in [0.4, 0.5) is 17.5 Å². The zero-order valence-corrected chi connectivity index (χ0v) is 13.2. The van der Waals surface area contributed by atoms with Gasteiger partial charge in [0, 0.05) is 12.2 Å². The molecule has 0 aliphatic heterocycles. The summed E-state index contributed by atoms with van der Waals surface area (Å²) in [5.41, 5.74) is 4.60. The van der Waals surface area contributed by atoms with Gasteiger partial charge in [0.1, 0.15) is 0 Å². The van der Waals surface area contributed by atoms with E-state index >= 15 is 0 Å². The smallest absolute Gasteiger partial charge is 0.249 e. The summed E-state index contributed by atoms with van der Waals surface area (Å²) in [5, 5.41) is 14.4. The maximum atomic E-state index is 4.43. The van der Waals surface area contributed by atoms with E-state index in [2.05, 4.69) is 63.9 Å². The highest BCUT2D eigenvalue weighted by Gasteiger charge is 2.01. The lowest BCUT2D eigenvalue weighted by Gasteiger charge is -2.08. The Kier molecular flexibility index (Phi) is 4.47. The van der Waals surface area contributed by atoms with Gasteiger partial charge in [-0.1, -0.05) is 47.5 Å². The van der Waals surface area contributed by atoms with Crippen LogP contribution >= 0.6 is 0 Å². The van der Waals surface area contributed by atoms with Gasteiger partial charge in [-0.05, 0) is 31.5 Å². The fraction of sp³-hybridized carbons (Fsp3) is 0.167. The summed E-state index contributed by atoms with van der Waals surface area (Å²) >= 11 is 0. The van der Waals surface area contributed by atoms with Crippen LogP contribution < -0.4 is 10.6 Å². The highest BCUT2D eigenvalue weighted by Crippen LogP contribution is 2.14. The third-order valence-corrected chi connectivity index (χ3v) is 3.46. The van der Waals surface area contributed by atoms with Crippen molar-refractivity contribution in [3.63, 3.8) is 0 Å². The second kappa shape index (κ2) is 6.87. The molecule has 116 valence electrons. The van der Waals surface area contributed by atoms with Gasteiger partial charge in [0.05, 0.1) is 6.20 Å². The highest BCUT2D eigenvalue weighted by molar-refractivity contribution is 5.54. The van der Waals surface area contributed by atoms with Crippen molar-refractivity contribution in [2.45, 2.75) is 20.4 Å². The second-order valence-electron chi connectivity index (χ2n) is 5.50. The Morgan fingerprint density at radius 1 is 0.870 bits per heavy atom. The molecule has 0 aliphatic carbocycles. The van der Waals surface area contributed by atoms with Crippen LogP contribution in [0.25, 0.3) is 0 Å². The molecule has 1 aromatic heterocycles. The highest BCUT2D eigenvalue weighted by atomic mass is 15.3. The zero-order chi connectivity index (χ0) is 16.1. The number of nitrogens with zero attached hydrogens (tertiary/aromatic N) is 3. The minimum absolute atomic E-state index is 0.475. The van der Waals surface area contributed by atoms with Gasteiger partial charge in [0.25, 0.3) is 0 Å². The first-order valence-electron chi connectivity index (χ1n) is 7.52. The van der Waals surface area contributed by atoms with E-state index in [4.69, 9.17) is 0 Å². The van der Waals surface area contributed by atoms with Crippen LogP contribution in [0.2, 0.25) is 0 Å². The molecule has 0 spiro atoms. The van der Waals surface area contributed by atoms with Gasteiger partial charge >= 0.3 is 0 Å². The third-order valence-electron chi connectivity index (χ3n) is 3.46. The topological polar surface area (TPSA) is 62.7 Å². The third kappa shape index (κ3) is 4.26. The fourth-order valence-corrected chi connectivity index (χ4v) is 2.11. The second-order valence-corrected chi connectivity index (χ2v) is 5.50. The van der Waals surface area contributed by atoms with Crippen LogP contribution in [0.15, 0.2) is 54.7 Å². The van der Waals surface area contributed by atoms with E-state index in [-0.39, 0.29) is 0 Å². The van der Waals surface area contributed by atoms with Crippen molar-refractivity contribution in [1.29, 1.82) is 0 Å². The van der Waals surface area contributed by atoms with Crippen molar-refractivity contribution in [3.8, 4) is 0 Å². The lowest BCUT2D eigenvalue weighted by Crippen LogP contribution is -2.05. The monoisotopic (exact) mass is 305 g/mol. The van der Waals surface area contributed by atoms with E-state index in [0.29, 0.717) is 18.3 Å². The predicted octanol–water partition coefficient (Wildman–Crippen LogP) is 3.84. The summed E-state index contributed by atoms with van der Waals surface area (Å²) in [6.45, 7) is 4.83. The first kappa shape index (κ1) is 15.0. The number of aryl methyl sites for hydroxylation is 2. The molecule has 2 N–H and O–H groups in total. The van der Waals surface area contributed by atoms with Crippen molar-refractivity contribution >= 4 is 17.5 Å². The van der Waals surface area contributed by atoms with E-state index in [9.17, 15) is 0 Å². The fourth-order valence-electron chi connectivity index (χ4n) is 2.11. The quantitative estimate of drug-likeness (QED) is 0.750. The first-order valence-corrected chi connectivity index (χ1v) is 7.52. The number of aromatic nitrogens is 3. The zero-order valence-electron chi connectivity index (χ0n) is 13.2. The number of nitrogens with one attached hydrogen (secondary N) is 2. The van der Waals surface area contributed by atoms with E-state index in [1.54, 1.807) is 6.20 Å². The minimum atomic E-state index is 0.475. The van der Waals surface area contributed by atoms with E-state index in [0.717, 1.165) is 5.69 Å². The molecular weight excluding hydrogens is 286 g/mol. The van der Waals surface area contributed by atoms with Gasteiger partial charge in [-0.15, -0.1) is 5.10 Å². The molecule has 1 heterocycles. The molecule has 0 bridgehead atoms. The van der Waals surface area contributed by atoms with Crippen LogP contribution in [0.1, 0.15) is 16.7 Å². The molecule has 0 saturated heterocycles. The van der Waals surface area contributed by atoms with Gasteiger partial charge in [-0.3, -0.25) is 0 Å². The maximum Gasteiger partial charge on any atom is 0.249 e. The Hall–Kier alpha value is -2.95. The summed E-state index contributed by atoms with van der Waals surface area (Å²) in [5.74, 6) is 1.16. The minimum Gasteiger partial charge on any atom is -0.365 e. The molecule has 0 atom stereocenters. The van der Waals surface area contributed by atoms with E-state index in [1.807, 2.05) is 24.3 Å². The van der Waals surface area contributed by atoms with Crippen LogP contribution in [0, 0.1) is 13.8 Å². The van der Waals surface area contributed by atoms with Gasteiger partial charge in [-0.2, -0.15) is 10.1 Å². The number of rotatable bonds is 5. The molecular formula is C18H19N5. The van der Waals surface area contributed by atoms with Gasteiger partial charge in [0.15, 0.2) is 5.82 Å². The van der Waals surface area contributed by atoms with Crippen LogP contribution in [-0.2, 0) is 6.54 Å². The first-order chi connectivity index (χ1) is 11.2. The van der Waals surface area contributed by atoms with Crippen LogP contribution in [0.3, 0.4) is 0 Å². The van der Waals surface area contributed by atoms with Crippen molar-refractivity contribution in [3.05, 3.63) is 71.4 Å². The normalized spacial score (nSPS) is 10.3. The van der Waals surface area contributed by atoms with Crippen molar-refractivity contribution in [2.24, 2.45) is 0 Å². The number of anilines is 3. The van der Waals surface area contributed by atoms with Crippen molar-refractivity contribution in [2.75, 3.05) is 10.6 Å². The van der Waals surface area contributed by atoms with E-state index < -0.39 is 0 Å². The summed E-state index contributed by atoms with van der Waals surface area (Å²) in [4.78, 5) is 4.43. The average Bonchev–Trinajstić information content (AvgIpc) is 2.57.